The highest BCUT2D eigenvalue weighted by Crippen LogP contribution is 2.47. The van der Waals surface area contributed by atoms with Crippen molar-refractivity contribution in [2.45, 2.75) is 44.3 Å². The van der Waals surface area contributed by atoms with Gasteiger partial charge in [0.25, 0.3) is 0 Å². The first-order valence-electron chi connectivity index (χ1n) is 9.16. The van der Waals surface area contributed by atoms with Crippen molar-refractivity contribution in [3.63, 3.8) is 0 Å². The Hall–Kier alpha value is -2.84. The third kappa shape index (κ3) is 3.88. The van der Waals surface area contributed by atoms with E-state index >= 15 is 0 Å². The fourth-order valence-corrected chi connectivity index (χ4v) is 3.50. The maximum Gasteiger partial charge on any atom is 0.389 e. The Labute approximate surface area is 158 Å². The summed E-state index contributed by atoms with van der Waals surface area (Å²) in [6.45, 7) is 1.75. The number of aryl methyl sites for hydroxylation is 1. The van der Waals surface area contributed by atoms with Gasteiger partial charge in [-0.1, -0.05) is 12.1 Å². The number of imidazole rings is 1. The Kier molecular flexibility index (Phi) is 4.60. The summed E-state index contributed by atoms with van der Waals surface area (Å²) >= 11 is 0. The van der Waals surface area contributed by atoms with E-state index in [1.54, 1.807) is 6.92 Å². The number of alkyl halides is 3. The summed E-state index contributed by atoms with van der Waals surface area (Å²) in [7, 11) is 0. The molecule has 1 aliphatic rings. The normalized spacial score (nSPS) is 20.3. The highest BCUT2D eigenvalue weighted by atomic mass is 19.4. The average Bonchev–Trinajstić information content (AvgIpc) is 3.11. The summed E-state index contributed by atoms with van der Waals surface area (Å²) in [4.78, 5) is 20.4. The molecule has 1 fully saturated rings. The molecular weight excluding hydrogens is 371 g/mol. The molecule has 0 bridgehead atoms. The number of carbonyl (C=O) groups is 1. The Balaban J connectivity index is 1.37. The number of nitrogens with zero attached hydrogens (tertiary/aromatic N) is 2. The SMILES string of the molecule is C[C@@H](NC(=O)[C@@H]1C[C@H]1c1nc2ccccc2[nH]1)c1cn[nH]c1CCC(F)(F)F. The number of aromatic nitrogens is 4. The molecule has 148 valence electrons. The molecule has 0 saturated heterocycles. The monoisotopic (exact) mass is 391 g/mol. The number of rotatable bonds is 6. The van der Waals surface area contributed by atoms with Crippen LogP contribution in [0.4, 0.5) is 13.2 Å². The summed E-state index contributed by atoms with van der Waals surface area (Å²) in [6.07, 6.45) is -3.18. The van der Waals surface area contributed by atoms with E-state index in [1.165, 1.54) is 6.20 Å². The second kappa shape index (κ2) is 6.96. The zero-order valence-corrected chi connectivity index (χ0v) is 15.2. The van der Waals surface area contributed by atoms with Gasteiger partial charge in [-0.3, -0.25) is 9.89 Å². The van der Waals surface area contributed by atoms with Gasteiger partial charge in [-0.2, -0.15) is 18.3 Å². The second-order valence-electron chi connectivity index (χ2n) is 7.24. The summed E-state index contributed by atoms with van der Waals surface area (Å²) in [5.74, 6) is 0.520. The van der Waals surface area contributed by atoms with Crippen LogP contribution < -0.4 is 5.32 Å². The van der Waals surface area contributed by atoms with Crippen LogP contribution in [0.1, 0.15) is 48.8 Å². The molecule has 1 amide bonds. The van der Waals surface area contributed by atoms with E-state index in [2.05, 4.69) is 25.5 Å². The zero-order valence-electron chi connectivity index (χ0n) is 15.2. The number of aromatic amines is 2. The zero-order chi connectivity index (χ0) is 19.9. The molecule has 0 radical (unpaired) electrons. The van der Waals surface area contributed by atoms with E-state index in [0.29, 0.717) is 17.7 Å². The lowest BCUT2D eigenvalue weighted by Gasteiger charge is -2.15. The number of amides is 1. The Morgan fingerprint density at radius 2 is 2.14 bits per heavy atom. The number of para-hydroxylation sites is 2. The highest BCUT2D eigenvalue weighted by molar-refractivity contribution is 5.83. The van der Waals surface area contributed by atoms with Gasteiger partial charge in [0.05, 0.1) is 23.3 Å². The van der Waals surface area contributed by atoms with Gasteiger partial charge in [0, 0.05) is 29.5 Å². The molecule has 0 spiro atoms. The number of H-pyrrole nitrogens is 2. The van der Waals surface area contributed by atoms with E-state index in [9.17, 15) is 18.0 Å². The van der Waals surface area contributed by atoms with Crippen molar-refractivity contribution in [1.29, 1.82) is 0 Å². The van der Waals surface area contributed by atoms with E-state index in [0.717, 1.165) is 16.9 Å². The molecular formula is C19H20F3N5O. The molecule has 9 heteroatoms. The van der Waals surface area contributed by atoms with Crippen LogP contribution in [0.15, 0.2) is 30.5 Å². The summed E-state index contributed by atoms with van der Waals surface area (Å²) in [5, 5.41) is 9.34. The molecule has 0 aliphatic heterocycles. The van der Waals surface area contributed by atoms with Gasteiger partial charge in [-0.25, -0.2) is 4.98 Å². The number of halogens is 3. The maximum absolute atomic E-state index is 12.6. The third-order valence-electron chi connectivity index (χ3n) is 5.12. The number of hydrogen-bond acceptors (Lipinski definition) is 3. The van der Waals surface area contributed by atoms with Crippen molar-refractivity contribution < 1.29 is 18.0 Å². The van der Waals surface area contributed by atoms with E-state index < -0.39 is 18.6 Å². The molecule has 1 aliphatic carbocycles. The predicted octanol–water partition coefficient (Wildman–Crippen LogP) is 3.76. The molecule has 3 aromatic rings. The van der Waals surface area contributed by atoms with Gasteiger partial charge in [0.1, 0.15) is 5.82 Å². The molecule has 4 rings (SSSR count). The van der Waals surface area contributed by atoms with Crippen molar-refractivity contribution in [3.05, 3.63) is 47.5 Å². The van der Waals surface area contributed by atoms with Crippen LogP contribution in [0.3, 0.4) is 0 Å². The van der Waals surface area contributed by atoms with Gasteiger partial charge < -0.3 is 10.3 Å². The van der Waals surface area contributed by atoms with Crippen molar-refractivity contribution in [2.24, 2.45) is 5.92 Å². The van der Waals surface area contributed by atoms with Gasteiger partial charge >= 0.3 is 6.18 Å². The Morgan fingerprint density at radius 3 is 2.89 bits per heavy atom. The number of fused-ring (bicyclic) bond motifs is 1. The van der Waals surface area contributed by atoms with Crippen LogP contribution in [0.25, 0.3) is 11.0 Å². The summed E-state index contributed by atoms with van der Waals surface area (Å²) < 4.78 is 37.4. The lowest BCUT2D eigenvalue weighted by molar-refractivity contribution is -0.134. The first-order valence-corrected chi connectivity index (χ1v) is 9.16. The minimum Gasteiger partial charge on any atom is -0.349 e. The van der Waals surface area contributed by atoms with E-state index in [4.69, 9.17) is 0 Å². The Morgan fingerprint density at radius 1 is 1.36 bits per heavy atom. The first-order chi connectivity index (χ1) is 13.3. The molecule has 28 heavy (non-hydrogen) atoms. The molecule has 6 nitrogen and oxygen atoms in total. The van der Waals surface area contributed by atoms with Crippen LogP contribution in [0, 0.1) is 5.92 Å². The standard InChI is InChI=1S/C19H20F3N5O/c1-10(13-9-23-27-14(13)6-7-19(20,21)22)24-18(28)12-8-11(12)17-25-15-4-2-3-5-16(15)26-17/h2-5,9-12H,6-8H2,1H3,(H,23,27)(H,24,28)(H,25,26)/t10-,11-,12-/m1/s1. The van der Waals surface area contributed by atoms with Crippen molar-refractivity contribution in [1.82, 2.24) is 25.5 Å². The van der Waals surface area contributed by atoms with Crippen molar-refractivity contribution >= 4 is 16.9 Å². The molecule has 3 N–H and O–H groups in total. The minimum absolute atomic E-state index is 0.0358. The second-order valence-corrected chi connectivity index (χ2v) is 7.24. The quantitative estimate of drug-likeness (QED) is 0.598. The Bertz CT molecular complexity index is 960. The van der Waals surface area contributed by atoms with Crippen molar-refractivity contribution in [2.75, 3.05) is 0 Å². The smallest absolute Gasteiger partial charge is 0.349 e. The summed E-state index contributed by atoms with van der Waals surface area (Å²) in [6, 6.07) is 7.26. The van der Waals surface area contributed by atoms with Crippen LogP contribution in [0.5, 0.6) is 0 Å². The van der Waals surface area contributed by atoms with Crippen molar-refractivity contribution in [3.8, 4) is 0 Å². The molecule has 1 aromatic carbocycles. The minimum atomic E-state index is -4.23. The molecule has 2 heterocycles. The lowest BCUT2D eigenvalue weighted by atomic mass is 10.1. The summed E-state index contributed by atoms with van der Waals surface area (Å²) in [5.41, 5.74) is 2.78. The maximum atomic E-state index is 12.6. The van der Waals surface area contributed by atoms with Crippen LogP contribution in [-0.4, -0.2) is 32.2 Å². The molecule has 1 saturated carbocycles. The average molecular weight is 391 g/mol. The number of hydrogen-bond donors (Lipinski definition) is 3. The molecule has 0 unspecified atom stereocenters. The van der Waals surface area contributed by atoms with Crippen LogP contribution in [0.2, 0.25) is 0 Å². The van der Waals surface area contributed by atoms with Gasteiger partial charge in [0.15, 0.2) is 0 Å². The molecule has 3 atom stereocenters. The topological polar surface area (TPSA) is 86.5 Å². The fourth-order valence-electron chi connectivity index (χ4n) is 3.50. The van der Waals surface area contributed by atoms with Gasteiger partial charge in [-0.15, -0.1) is 0 Å². The lowest BCUT2D eigenvalue weighted by Crippen LogP contribution is -2.29. The van der Waals surface area contributed by atoms with Crippen LogP contribution >= 0.6 is 0 Å². The molecule has 2 aromatic heterocycles. The number of carbonyl (C=O) groups excluding carboxylic acids is 1. The number of nitrogens with one attached hydrogen (secondary N) is 3. The third-order valence-corrected chi connectivity index (χ3v) is 5.12. The largest absolute Gasteiger partial charge is 0.389 e. The van der Waals surface area contributed by atoms with E-state index in [1.807, 2.05) is 24.3 Å². The first kappa shape index (κ1) is 18.5. The van der Waals surface area contributed by atoms with Crippen LogP contribution in [-0.2, 0) is 11.2 Å². The van der Waals surface area contributed by atoms with Gasteiger partial charge in [-0.05, 0) is 31.9 Å². The predicted molar refractivity (Wildman–Crippen MR) is 96.5 cm³/mol. The van der Waals surface area contributed by atoms with E-state index in [-0.39, 0.29) is 24.2 Å². The highest BCUT2D eigenvalue weighted by Gasteiger charge is 2.46. The fraction of sp³-hybridized carbons (Fsp3) is 0.421. The van der Waals surface area contributed by atoms with Gasteiger partial charge in [0.2, 0.25) is 5.91 Å². The number of benzene rings is 1.